The minimum absolute atomic E-state index is 0.0741. The largest absolute Gasteiger partial charge is 0.351 e. The molecule has 19 heavy (non-hydrogen) atoms. The molecule has 0 spiro atoms. The summed E-state index contributed by atoms with van der Waals surface area (Å²) in [6.07, 6.45) is 1.65. The number of carbonyl (C=O) groups excluding carboxylic acids is 1. The Morgan fingerprint density at radius 1 is 1.21 bits per heavy atom. The van der Waals surface area contributed by atoms with Gasteiger partial charge in [-0.2, -0.15) is 0 Å². The summed E-state index contributed by atoms with van der Waals surface area (Å²) in [5, 5.41) is 5.28. The Hall–Kier alpha value is -1.87. The first kappa shape index (κ1) is 13.6. The van der Waals surface area contributed by atoms with Gasteiger partial charge in [0, 0.05) is 6.54 Å². The predicted molar refractivity (Wildman–Crippen MR) is 78.7 cm³/mol. The number of rotatable bonds is 5. The molecule has 0 bridgehead atoms. The Labute approximate surface area is 113 Å². The fraction of sp³-hybridized carbons (Fsp3) is 0.312. The van der Waals surface area contributed by atoms with Crippen LogP contribution in [0.4, 0.5) is 0 Å². The fourth-order valence-corrected chi connectivity index (χ4v) is 2.11. The van der Waals surface area contributed by atoms with E-state index in [0.29, 0.717) is 6.54 Å². The molecule has 3 N–H and O–H groups in total. The lowest BCUT2D eigenvalue weighted by molar-refractivity contribution is -0.122. The van der Waals surface area contributed by atoms with Gasteiger partial charge in [-0.15, -0.1) is 0 Å². The molecule has 0 aliphatic rings. The molecule has 0 unspecified atom stereocenters. The predicted octanol–water partition coefficient (Wildman–Crippen LogP) is 2.58. The molecule has 1 amide bonds. The molecule has 0 saturated heterocycles. The Morgan fingerprint density at radius 3 is 2.68 bits per heavy atom. The van der Waals surface area contributed by atoms with E-state index < -0.39 is 6.04 Å². The summed E-state index contributed by atoms with van der Waals surface area (Å²) in [6, 6.07) is 14.0. The molecule has 3 nitrogen and oxygen atoms in total. The average molecular weight is 256 g/mol. The summed E-state index contributed by atoms with van der Waals surface area (Å²) in [6.45, 7) is 2.55. The van der Waals surface area contributed by atoms with Crippen molar-refractivity contribution in [3.8, 4) is 0 Å². The van der Waals surface area contributed by atoms with E-state index in [0.717, 1.165) is 18.4 Å². The molecule has 100 valence electrons. The molecule has 0 fully saturated rings. The SMILES string of the molecule is CCC[C@H](N)C(=O)NCc1ccc2ccccc2c1. The Balaban J connectivity index is 2.00. The van der Waals surface area contributed by atoms with Crippen LogP contribution in [0.5, 0.6) is 0 Å². The van der Waals surface area contributed by atoms with Crippen LogP contribution in [0.15, 0.2) is 42.5 Å². The lowest BCUT2D eigenvalue weighted by atomic mass is 10.1. The van der Waals surface area contributed by atoms with E-state index in [9.17, 15) is 4.79 Å². The fourth-order valence-electron chi connectivity index (χ4n) is 2.11. The van der Waals surface area contributed by atoms with Crippen LogP contribution in [0.2, 0.25) is 0 Å². The summed E-state index contributed by atoms with van der Waals surface area (Å²) in [4.78, 5) is 11.7. The monoisotopic (exact) mass is 256 g/mol. The third kappa shape index (κ3) is 3.55. The second-order valence-electron chi connectivity index (χ2n) is 4.79. The molecule has 0 aliphatic heterocycles. The summed E-state index contributed by atoms with van der Waals surface area (Å²) < 4.78 is 0. The minimum Gasteiger partial charge on any atom is -0.351 e. The first-order chi connectivity index (χ1) is 9.20. The van der Waals surface area contributed by atoms with Crippen LogP contribution in [0.25, 0.3) is 10.8 Å². The van der Waals surface area contributed by atoms with E-state index in [1.165, 1.54) is 10.8 Å². The number of nitrogens with two attached hydrogens (primary N) is 1. The van der Waals surface area contributed by atoms with E-state index in [2.05, 4.69) is 29.6 Å². The number of nitrogens with one attached hydrogen (secondary N) is 1. The van der Waals surface area contributed by atoms with E-state index in [-0.39, 0.29) is 5.91 Å². The highest BCUT2D eigenvalue weighted by atomic mass is 16.2. The summed E-state index contributed by atoms with van der Waals surface area (Å²) in [5.41, 5.74) is 6.86. The van der Waals surface area contributed by atoms with Gasteiger partial charge >= 0.3 is 0 Å². The highest BCUT2D eigenvalue weighted by Crippen LogP contribution is 2.15. The van der Waals surface area contributed by atoms with Gasteiger partial charge in [-0.05, 0) is 28.8 Å². The van der Waals surface area contributed by atoms with Crippen molar-refractivity contribution in [1.29, 1.82) is 0 Å². The molecule has 0 aromatic heterocycles. The number of hydrogen-bond acceptors (Lipinski definition) is 2. The lowest BCUT2D eigenvalue weighted by Gasteiger charge is -2.11. The van der Waals surface area contributed by atoms with Gasteiger partial charge in [-0.1, -0.05) is 49.7 Å². The number of fused-ring (bicyclic) bond motifs is 1. The van der Waals surface area contributed by atoms with E-state index in [4.69, 9.17) is 5.73 Å². The maximum absolute atomic E-state index is 11.7. The Morgan fingerprint density at radius 2 is 1.95 bits per heavy atom. The van der Waals surface area contributed by atoms with Crippen molar-refractivity contribution < 1.29 is 4.79 Å². The second kappa shape index (κ2) is 6.34. The van der Waals surface area contributed by atoms with Crippen LogP contribution >= 0.6 is 0 Å². The molecule has 0 radical (unpaired) electrons. The highest BCUT2D eigenvalue weighted by Gasteiger charge is 2.11. The quantitative estimate of drug-likeness (QED) is 0.864. The number of carbonyl (C=O) groups is 1. The minimum atomic E-state index is -0.398. The molecule has 2 aromatic rings. The van der Waals surface area contributed by atoms with Gasteiger partial charge in [0.2, 0.25) is 5.91 Å². The van der Waals surface area contributed by atoms with Crippen molar-refractivity contribution in [1.82, 2.24) is 5.32 Å². The zero-order valence-electron chi connectivity index (χ0n) is 11.2. The molecule has 0 heterocycles. The van der Waals surface area contributed by atoms with Crippen LogP contribution in [0.1, 0.15) is 25.3 Å². The number of benzene rings is 2. The van der Waals surface area contributed by atoms with Gasteiger partial charge in [-0.3, -0.25) is 4.79 Å². The zero-order chi connectivity index (χ0) is 13.7. The van der Waals surface area contributed by atoms with Crippen molar-refractivity contribution in [2.45, 2.75) is 32.4 Å². The first-order valence-corrected chi connectivity index (χ1v) is 6.71. The van der Waals surface area contributed by atoms with Crippen molar-refractivity contribution in [2.75, 3.05) is 0 Å². The van der Waals surface area contributed by atoms with Crippen LogP contribution < -0.4 is 11.1 Å². The van der Waals surface area contributed by atoms with Gasteiger partial charge in [0.15, 0.2) is 0 Å². The van der Waals surface area contributed by atoms with Crippen LogP contribution in [-0.4, -0.2) is 11.9 Å². The van der Waals surface area contributed by atoms with E-state index in [1.54, 1.807) is 0 Å². The summed E-state index contributed by atoms with van der Waals surface area (Å²) in [7, 11) is 0. The Kier molecular flexibility index (Phi) is 4.53. The molecule has 0 aliphatic carbocycles. The van der Waals surface area contributed by atoms with Crippen LogP contribution in [0.3, 0.4) is 0 Å². The molecule has 1 atom stereocenters. The van der Waals surface area contributed by atoms with Gasteiger partial charge < -0.3 is 11.1 Å². The lowest BCUT2D eigenvalue weighted by Crippen LogP contribution is -2.40. The van der Waals surface area contributed by atoms with Crippen molar-refractivity contribution in [2.24, 2.45) is 5.73 Å². The van der Waals surface area contributed by atoms with Crippen LogP contribution in [0, 0.1) is 0 Å². The Bertz CT molecular complexity index is 565. The number of amides is 1. The molecule has 3 heteroatoms. The van der Waals surface area contributed by atoms with Gasteiger partial charge in [0.05, 0.1) is 6.04 Å². The van der Waals surface area contributed by atoms with E-state index in [1.807, 2.05) is 25.1 Å². The molecular formula is C16H20N2O. The second-order valence-corrected chi connectivity index (χ2v) is 4.79. The van der Waals surface area contributed by atoms with Crippen LogP contribution in [-0.2, 0) is 11.3 Å². The third-order valence-corrected chi connectivity index (χ3v) is 3.22. The molecule has 2 aromatic carbocycles. The van der Waals surface area contributed by atoms with Gasteiger partial charge in [0.1, 0.15) is 0 Å². The molecular weight excluding hydrogens is 236 g/mol. The summed E-state index contributed by atoms with van der Waals surface area (Å²) in [5.74, 6) is -0.0741. The van der Waals surface area contributed by atoms with E-state index >= 15 is 0 Å². The van der Waals surface area contributed by atoms with Crippen molar-refractivity contribution in [3.63, 3.8) is 0 Å². The van der Waals surface area contributed by atoms with Gasteiger partial charge in [-0.25, -0.2) is 0 Å². The first-order valence-electron chi connectivity index (χ1n) is 6.71. The average Bonchev–Trinajstić information content (AvgIpc) is 2.44. The summed E-state index contributed by atoms with van der Waals surface area (Å²) >= 11 is 0. The topological polar surface area (TPSA) is 55.1 Å². The number of hydrogen-bond donors (Lipinski definition) is 2. The maximum atomic E-state index is 11.7. The smallest absolute Gasteiger partial charge is 0.237 e. The highest BCUT2D eigenvalue weighted by molar-refractivity contribution is 5.84. The normalized spacial score (nSPS) is 12.3. The van der Waals surface area contributed by atoms with Gasteiger partial charge in [0.25, 0.3) is 0 Å². The third-order valence-electron chi connectivity index (χ3n) is 3.22. The molecule has 2 rings (SSSR count). The maximum Gasteiger partial charge on any atom is 0.237 e. The van der Waals surface area contributed by atoms with Crippen molar-refractivity contribution >= 4 is 16.7 Å². The molecule has 0 saturated carbocycles. The standard InChI is InChI=1S/C16H20N2O/c1-2-5-15(17)16(19)18-11-12-8-9-13-6-3-4-7-14(13)10-12/h3-4,6-10,15H,2,5,11,17H2,1H3,(H,18,19)/t15-/m0/s1. The zero-order valence-corrected chi connectivity index (χ0v) is 11.2. The van der Waals surface area contributed by atoms with Crippen molar-refractivity contribution in [3.05, 3.63) is 48.0 Å².